The van der Waals surface area contributed by atoms with E-state index in [1.807, 2.05) is 6.08 Å². The normalized spacial score (nSPS) is 21.5. The van der Waals surface area contributed by atoms with E-state index >= 15 is 0 Å². The van der Waals surface area contributed by atoms with Gasteiger partial charge in [-0.1, -0.05) is 177 Å². The Balaban J connectivity index is 2.19. The molecule has 0 spiro atoms. The molecule has 6 N–H and O–H groups in total. The Labute approximate surface area is 353 Å². The summed E-state index contributed by atoms with van der Waals surface area (Å²) < 4.78 is 11.1. The summed E-state index contributed by atoms with van der Waals surface area (Å²) in [6, 6.07) is -0.821. The third-order valence-corrected chi connectivity index (χ3v) is 10.5. The van der Waals surface area contributed by atoms with Gasteiger partial charge in [0, 0.05) is 6.42 Å². The lowest BCUT2D eigenvalue weighted by molar-refractivity contribution is -0.302. The summed E-state index contributed by atoms with van der Waals surface area (Å²) >= 11 is 0. The van der Waals surface area contributed by atoms with Crippen molar-refractivity contribution in [2.24, 2.45) is 0 Å². The second kappa shape index (κ2) is 38.8. The van der Waals surface area contributed by atoms with Crippen LogP contribution in [0.25, 0.3) is 0 Å². The van der Waals surface area contributed by atoms with Crippen LogP contribution in [0.1, 0.15) is 174 Å². The Hall–Kier alpha value is -2.37. The minimum atomic E-state index is -1.57. The van der Waals surface area contributed by atoms with E-state index in [9.17, 15) is 30.3 Å². The molecule has 7 unspecified atom stereocenters. The van der Waals surface area contributed by atoms with Gasteiger partial charge in [0.15, 0.2) is 6.29 Å². The van der Waals surface area contributed by atoms with Gasteiger partial charge in [0.1, 0.15) is 24.4 Å². The molecule has 7 atom stereocenters. The largest absolute Gasteiger partial charge is 0.394 e. The molecule has 0 aromatic rings. The van der Waals surface area contributed by atoms with Crippen molar-refractivity contribution in [1.82, 2.24) is 5.32 Å². The highest BCUT2D eigenvalue weighted by Crippen LogP contribution is 2.22. The first-order chi connectivity index (χ1) is 28.3. The van der Waals surface area contributed by atoms with Gasteiger partial charge in [0.05, 0.1) is 25.4 Å². The van der Waals surface area contributed by atoms with Gasteiger partial charge < -0.3 is 40.3 Å². The number of amides is 1. The minimum Gasteiger partial charge on any atom is -0.394 e. The van der Waals surface area contributed by atoms with Crippen molar-refractivity contribution in [3.05, 3.63) is 72.9 Å². The molecule has 0 bridgehead atoms. The predicted octanol–water partition coefficient (Wildman–Crippen LogP) is 9.78. The number of ether oxygens (including phenoxy) is 2. The van der Waals surface area contributed by atoms with Gasteiger partial charge in [0.25, 0.3) is 0 Å². The van der Waals surface area contributed by atoms with Crippen LogP contribution in [0, 0.1) is 0 Å². The molecule has 0 aromatic heterocycles. The molecule has 0 radical (unpaired) electrons. The van der Waals surface area contributed by atoms with E-state index in [1.54, 1.807) is 6.08 Å². The highest BCUT2D eigenvalue weighted by atomic mass is 16.7. The number of carbonyl (C=O) groups excluding carboxylic acids is 1. The number of allylic oxidation sites excluding steroid dienone is 11. The van der Waals surface area contributed by atoms with Crippen LogP contribution in [0.15, 0.2) is 72.9 Å². The second-order valence-electron chi connectivity index (χ2n) is 15.8. The second-order valence-corrected chi connectivity index (χ2v) is 15.8. The fourth-order valence-corrected chi connectivity index (χ4v) is 6.79. The molecule has 9 nitrogen and oxygen atoms in total. The molecule has 1 amide bonds. The van der Waals surface area contributed by atoms with Gasteiger partial charge >= 0.3 is 0 Å². The first-order valence-corrected chi connectivity index (χ1v) is 23.2. The molecular formula is C49H85NO8. The van der Waals surface area contributed by atoms with Crippen LogP contribution < -0.4 is 5.32 Å². The van der Waals surface area contributed by atoms with Gasteiger partial charge in [-0.05, 0) is 64.2 Å². The average Bonchev–Trinajstić information content (AvgIpc) is 3.22. The number of nitrogens with one attached hydrogen (secondary N) is 1. The number of unbranched alkanes of at least 4 members (excludes halogenated alkanes) is 17. The molecule has 9 heteroatoms. The quantitative estimate of drug-likeness (QED) is 0.0268. The number of hydrogen-bond donors (Lipinski definition) is 6. The zero-order valence-corrected chi connectivity index (χ0v) is 36.5. The van der Waals surface area contributed by atoms with Crippen LogP contribution in [-0.2, 0) is 14.3 Å². The molecule has 58 heavy (non-hydrogen) atoms. The number of aliphatic hydroxyl groups excluding tert-OH is 5. The summed E-state index contributed by atoms with van der Waals surface area (Å²) in [6.45, 7) is 3.55. The van der Waals surface area contributed by atoms with Gasteiger partial charge in [-0.3, -0.25) is 4.79 Å². The molecule has 0 saturated carbocycles. The first kappa shape index (κ1) is 53.6. The van der Waals surface area contributed by atoms with Crippen molar-refractivity contribution in [3.63, 3.8) is 0 Å². The summed E-state index contributed by atoms with van der Waals surface area (Å²) in [5.41, 5.74) is 0. The van der Waals surface area contributed by atoms with Gasteiger partial charge in [-0.2, -0.15) is 0 Å². The molecule has 0 aliphatic carbocycles. The Kier molecular flexibility index (Phi) is 35.9. The zero-order valence-electron chi connectivity index (χ0n) is 36.5. The van der Waals surface area contributed by atoms with Crippen molar-refractivity contribution in [2.75, 3.05) is 13.2 Å². The third-order valence-electron chi connectivity index (χ3n) is 10.5. The fraction of sp³-hybridized carbons (Fsp3) is 0.735. The minimum absolute atomic E-state index is 0.195. The van der Waals surface area contributed by atoms with E-state index in [4.69, 9.17) is 9.47 Å². The maximum atomic E-state index is 12.9. The standard InChI is InChI=1S/C49H85NO8/c1-3-5-7-9-11-13-14-15-16-17-18-19-20-21-22-23-24-25-26-27-28-29-30-31-33-35-37-39-45(53)50-42(43(52)38-36-34-32-12-10-8-6-4-2)41-57-49-48(56)47(55)46(54)44(40-51)58-49/h5,7,10-13,15-16,18-19,36,38,42-44,46-49,51-52,54-56H,3-4,6,8-9,14,17,20-35,37,39-41H2,1-2H3,(H,50,53)/b7-5-,12-10+,13-11-,16-15-,19-18-,38-36+. The van der Waals surface area contributed by atoms with E-state index < -0.39 is 49.5 Å². The third kappa shape index (κ3) is 29.0. The van der Waals surface area contributed by atoms with E-state index in [0.717, 1.165) is 77.0 Å². The topological polar surface area (TPSA) is 149 Å². The predicted molar refractivity (Wildman–Crippen MR) is 239 cm³/mol. The Bertz CT molecular complexity index is 1130. The lowest BCUT2D eigenvalue weighted by atomic mass is 9.99. The summed E-state index contributed by atoms with van der Waals surface area (Å²) in [5.74, 6) is -0.195. The molecule has 1 aliphatic heterocycles. The Morgan fingerprint density at radius 2 is 1.09 bits per heavy atom. The average molecular weight is 816 g/mol. The van der Waals surface area contributed by atoms with Crippen LogP contribution in [0.5, 0.6) is 0 Å². The monoisotopic (exact) mass is 816 g/mol. The Morgan fingerprint density at radius 1 is 0.603 bits per heavy atom. The van der Waals surface area contributed by atoms with Gasteiger partial charge in [0.2, 0.25) is 5.91 Å². The fourth-order valence-electron chi connectivity index (χ4n) is 6.79. The van der Waals surface area contributed by atoms with E-state index in [1.165, 1.54) is 77.0 Å². The molecule has 1 rings (SSSR count). The molecule has 1 aliphatic rings. The summed E-state index contributed by atoms with van der Waals surface area (Å²) in [5, 5.41) is 53.9. The molecule has 0 aromatic carbocycles. The first-order valence-electron chi connectivity index (χ1n) is 23.2. The van der Waals surface area contributed by atoms with Crippen molar-refractivity contribution >= 4 is 5.91 Å². The lowest BCUT2D eigenvalue weighted by Gasteiger charge is -2.40. The Morgan fingerprint density at radius 3 is 1.66 bits per heavy atom. The molecular weight excluding hydrogens is 731 g/mol. The van der Waals surface area contributed by atoms with Crippen molar-refractivity contribution < 1.29 is 39.8 Å². The molecule has 334 valence electrons. The highest BCUT2D eigenvalue weighted by molar-refractivity contribution is 5.76. The lowest BCUT2D eigenvalue weighted by Crippen LogP contribution is -2.60. The zero-order chi connectivity index (χ0) is 42.3. The van der Waals surface area contributed by atoms with Crippen LogP contribution in [0.4, 0.5) is 0 Å². The molecule has 1 fully saturated rings. The van der Waals surface area contributed by atoms with Crippen molar-refractivity contribution in [1.29, 1.82) is 0 Å². The maximum Gasteiger partial charge on any atom is 0.220 e. The number of rotatable bonds is 37. The summed E-state index contributed by atoms with van der Waals surface area (Å²) in [7, 11) is 0. The van der Waals surface area contributed by atoms with Gasteiger partial charge in [-0.25, -0.2) is 0 Å². The van der Waals surface area contributed by atoms with Crippen LogP contribution >= 0.6 is 0 Å². The number of hydrogen-bond acceptors (Lipinski definition) is 8. The molecule has 1 heterocycles. The van der Waals surface area contributed by atoms with E-state index in [2.05, 4.69) is 79.9 Å². The van der Waals surface area contributed by atoms with Crippen LogP contribution in [0.3, 0.4) is 0 Å². The van der Waals surface area contributed by atoms with E-state index in [-0.39, 0.29) is 12.5 Å². The highest BCUT2D eigenvalue weighted by Gasteiger charge is 2.44. The van der Waals surface area contributed by atoms with Crippen molar-refractivity contribution in [2.45, 2.75) is 217 Å². The molecule has 1 saturated heterocycles. The number of aliphatic hydroxyl groups is 5. The summed E-state index contributed by atoms with van der Waals surface area (Å²) in [4.78, 5) is 12.9. The SMILES string of the molecule is CC/C=C\C/C=C\C/C=C\C/C=C\CCCCCCCCCCCCCCCCC(=O)NC(COC1OC(CO)C(O)C(O)C1O)C(O)/C=C/CC/C=C/CCCC. The summed E-state index contributed by atoms with van der Waals surface area (Å²) in [6.07, 6.45) is 45.5. The maximum absolute atomic E-state index is 12.9. The van der Waals surface area contributed by atoms with Gasteiger partial charge in [-0.15, -0.1) is 0 Å². The van der Waals surface area contributed by atoms with Crippen LogP contribution in [0.2, 0.25) is 0 Å². The van der Waals surface area contributed by atoms with Crippen molar-refractivity contribution in [3.8, 4) is 0 Å². The smallest absolute Gasteiger partial charge is 0.220 e. The van der Waals surface area contributed by atoms with Crippen LogP contribution in [-0.4, -0.2) is 87.5 Å². The number of carbonyl (C=O) groups is 1. The van der Waals surface area contributed by atoms with E-state index in [0.29, 0.717) is 6.42 Å².